The van der Waals surface area contributed by atoms with Gasteiger partial charge in [0.2, 0.25) is 0 Å². The maximum Gasteiger partial charge on any atom is 0.338 e. The van der Waals surface area contributed by atoms with Gasteiger partial charge in [-0.05, 0) is 25.1 Å². The van der Waals surface area contributed by atoms with Gasteiger partial charge in [-0.25, -0.2) is 9.59 Å². The van der Waals surface area contributed by atoms with Gasteiger partial charge in [0, 0.05) is 12.5 Å². The molecule has 1 rings (SSSR count). The molecule has 0 heterocycles. The van der Waals surface area contributed by atoms with Crippen molar-refractivity contribution in [2.45, 2.75) is 13.3 Å². The summed E-state index contributed by atoms with van der Waals surface area (Å²) in [5, 5.41) is 9.31. The molecule has 5 nitrogen and oxygen atoms in total. The molecular formula is C14H15ClO5. The molecule has 0 aliphatic rings. The van der Waals surface area contributed by atoms with Gasteiger partial charge in [-0.3, -0.25) is 0 Å². The van der Waals surface area contributed by atoms with Crippen LogP contribution in [0.5, 0.6) is 5.75 Å². The SMILES string of the molecule is CC=CC(=O)OCCCOC(=O)c1ccc(O)c(Cl)c1. The molecule has 108 valence electrons. The Kier molecular flexibility index (Phi) is 6.59. The lowest BCUT2D eigenvalue weighted by atomic mass is 10.2. The fourth-order valence-corrected chi connectivity index (χ4v) is 1.48. The first-order valence-corrected chi connectivity index (χ1v) is 6.37. The number of hydrogen-bond acceptors (Lipinski definition) is 5. The van der Waals surface area contributed by atoms with E-state index < -0.39 is 11.9 Å². The summed E-state index contributed by atoms with van der Waals surface area (Å²) in [6, 6.07) is 4.05. The summed E-state index contributed by atoms with van der Waals surface area (Å²) in [6.07, 6.45) is 3.29. The molecule has 0 aromatic heterocycles. The Bertz CT molecular complexity index is 510. The lowest BCUT2D eigenvalue weighted by molar-refractivity contribution is -0.138. The normalized spacial score (nSPS) is 10.5. The number of carbonyl (C=O) groups is 2. The smallest absolute Gasteiger partial charge is 0.338 e. The van der Waals surface area contributed by atoms with E-state index in [1.54, 1.807) is 13.0 Å². The van der Waals surface area contributed by atoms with E-state index in [4.69, 9.17) is 21.1 Å². The van der Waals surface area contributed by atoms with Crippen LogP contribution in [0.1, 0.15) is 23.7 Å². The van der Waals surface area contributed by atoms with Crippen molar-refractivity contribution in [3.63, 3.8) is 0 Å². The van der Waals surface area contributed by atoms with Crippen molar-refractivity contribution in [3.8, 4) is 5.75 Å². The third-order valence-electron chi connectivity index (χ3n) is 2.25. The minimum Gasteiger partial charge on any atom is -0.506 e. The first-order chi connectivity index (χ1) is 9.54. The number of ether oxygens (including phenoxy) is 2. The van der Waals surface area contributed by atoms with Gasteiger partial charge in [0.25, 0.3) is 0 Å². The predicted octanol–water partition coefficient (Wildman–Crippen LogP) is 2.71. The summed E-state index contributed by atoms with van der Waals surface area (Å²) in [5.74, 6) is -1.07. The van der Waals surface area contributed by atoms with Crippen molar-refractivity contribution < 1.29 is 24.2 Å². The van der Waals surface area contributed by atoms with E-state index in [9.17, 15) is 14.7 Å². The van der Waals surface area contributed by atoms with Gasteiger partial charge in [0.1, 0.15) is 5.75 Å². The van der Waals surface area contributed by atoms with Crippen molar-refractivity contribution in [2.75, 3.05) is 13.2 Å². The lowest BCUT2D eigenvalue weighted by Crippen LogP contribution is -2.09. The van der Waals surface area contributed by atoms with Crippen molar-refractivity contribution in [3.05, 3.63) is 40.9 Å². The fraction of sp³-hybridized carbons (Fsp3) is 0.286. The Labute approximate surface area is 121 Å². The van der Waals surface area contributed by atoms with Crippen LogP contribution < -0.4 is 0 Å². The van der Waals surface area contributed by atoms with Gasteiger partial charge in [-0.1, -0.05) is 17.7 Å². The van der Waals surface area contributed by atoms with E-state index in [1.807, 2.05) is 0 Å². The molecule has 1 N–H and O–H groups in total. The van der Waals surface area contributed by atoms with Crippen molar-refractivity contribution in [2.24, 2.45) is 0 Å². The summed E-state index contributed by atoms with van der Waals surface area (Å²) in [5.41, 5.74) is 0.249. The van der Waals surface area contributed by atoms with Crippen LogP contribution in [0.15, 0.2) is 30.4 Å². The third kappa shape index (κ3) is 5.32. The van der Waals surface area contributed by atoms with Crippen LogP contribution in [0.4, 0.5) is 0 Å². The highest BCUT2D eigenvalue weighted by Gasteiger charge is 2.09. The number of phenols is 1. The average molecular weight is 299 g/mol. The van der Waals surface area contributed by atoms with Gasteiger partial charge in [-0.2, -0.15) is 0 Å². The number of esters is 2. The Balaban J connectivity index is 2.30. The molecule has 0 saturated carbocycles. The maximum absolute atomic E-state index is 11.6. The molecule has 6 heteroatoms. The quantitative estimate of drug-likeness (QED) is 0.496. The molecular weight excluding hydrogens is 284 g/mol. The summed E-state index contributed by atoms with van der Waals surface area (Å²) < 4.78 is 9.81. The Morgan fingerprint density at radius 2 is 2.00 bits per heavy atom. The zero-order valence-corrected chi connectivity index (χ0v) is 11.7. The van der Waals surface area contributed by atoms with Crippen LogP contribution in [-0.4, -0.2) is 30.3 Å². The molecule has 0 radical (unpaired) electrons. The van der Waals surface area contributed by atoms with Crippen molar-refractivity contribution in [1.82, 2.24) is 0 Å². The van der Waals surface area contributed by atoms with Crippen LogP contribution in [0.25, 0.3) is 0 Å². The van der Waals surface area contributed by atoms with Crippen LogP contribution in [0.2, 0.25) is 5.02 Å². The summed E-state index contributed by atoms with van der Waals surface area (Å²) in [7, 11) is 0. The zero-order valence-electron chi connectivity index (χ0n) is 11.0. The van der Waals surface area contributed by atoms with Crippen molar-refractivity contribution >= 4 is 23.5 Å². The van der Waals surface area contributed by atoms with E-state index in [0.29, 0.717) is 6.42 Å². The highest BCUT2D eigenvalue weighted by molar-refractivity contribution is 6.32. The van der Waals surface area contributed by atoms with Crippen LogP contribution in [0.3, 0.4) is 0 Å². The highest BCUT2D eigenvalue weighted by Crippen LogP contribution is 2.23. The van der Waals surface area contributed by atoms with Gasteiger partial charge < -0.3 is 14.6 Å². The molecule has 0 bridgehead atoms. The molecule has 0 saturated heterocycles. The minimum absolute atomic E-state index is 0.0831. The molecule has 0 aliphatic carbocycles. The number of allylic oxidation sites excluding steroid dienone is 1. The summed E-state index contributed by atoms with van der Waals surface area (Å²) in [4.78, 5) is 22.6. The number of phenolic OH excluding ortho intramolecular Hbond substituents is 1. The number of halogens is 1. The second-order valence-corrected chi connectivity index (χ2v) is 4.23. The van der Waals surface area contributed by atoms with E-state index in [0.717, 1.165) is 0 Å². The second-order valence-electron chi connectivity index (χ2n) is 3.82. The first kappa shape index (κ1) is 16.0. The molecule has 0 spiro atoms. The number of aromatic hydroxyl groups is 1. The summed E-state index contributed by atoms with van der Waals surface area (Å²) >= 11 is 5.68. The second kappa shape index (κ2) is 8.22. The standard InChI is InChI=1S/C14H15ClO5/c1-2-4-13(17)19-7-3-8-20-14(18)10-5-6-12(16)11(15)9-10/h2,4-6,9,16H,3,7-8H2,1H3. The van der Waals surface area contributed by atoms with E-state index in [-0.39, 0.29) is 29.5 Å². The minimum atomic E-state index is -0.549. The van der Waals surface area contributed by atoms with E-state index >= 15 is 0 Å². The number of rotatable bonds is 6. The van der Waals surface area contributed by atoms with Crippen LogP contribution in [-0.2, 0) is 14.3 Å². The predicted molar refractivity (Wildman–Crippen MR) is 73.8 cm³/mol. The average Bonchev–Trinajstić information content (AvgIpc) is 2.41. The van der Waals surface area contributed by atoms with Crippen molar-refractivity contribution in [1.29, 1.82) is 0 Å². The number of carbonyl (C=O) groups excluding carboxylic acids is 2. The third-order valence-corrected chi connectivity index (χ3v) is 2.56. The van der Waals surface area contributed by atoms with Gasteiger partial charge in [-0.15, -0.1) is 0 Å². The molecule has 0 fully saturated rings. The van der Waals surface area contributed by atoms with Crippen LogP contribution in [0, 0.1) is 0 Å². The Morgan fingerprint density at radius 3 is 2.65 bits per heavy atom. The monoisotopic (exact) mass is 298 g/mol. The van der Waals surface area contributed by atoms with E-state index in [1.165, 1.54) is 24.3 Å². The first-order valence-electron chi connectivity index (χ1n) is 5.99. The topological polar surface area (TPSA) is 72.8 Å². The molecule has 1 aromatic carbocycles. The molecule has 0 unspecified atom stereocenters. The fourth-order valence-electron chi connectivity index (χ4n) is 1.30. The molecule has 0 atom stereocenters. The largest absolute Gasteiger partial charge is 0.506 e. The number of benzene rings is 1. The molecule has 20 heavy (non-hydrogen) atoms. The zero-order chi connectivity index (χ0) is 15.0. The lowest BCUT2D eigenvalue weighted by Gasteiger charge is -2.06. The molecule has 0 aliphatic heterocycles. The van der Waals surface area contributed by atoms with Gasteiger partial charge in [0.15, 0.2) is 0 Å². The Hall–Kier alpha value is -2.01. The Morgan fingerprint density at radius 1 is 1.30 bits per heavy atom. The maximum atomic E-state index is 11.6. The van der Waals surface area contributed by atoms with Crippen LogP contribution >= 0.6 is 11.6 Å². The highest BCUT2D eigenvalue weighted by atomic mass is 35.5. The van der Waals surface area contributed by atoms with Gasteiger partial charge >= 0.3 is 11.9 Å². The molecule has 0 amide bonds. The number of hydrogen-bond donors (Lipinski definition) is 1. The van der Waals surface area contributed by atoms with E-state index in [2.05, 4.69) is 0 Å². The summed E-state index contributed by atoms with van der Waals surface area (Å²) in [6.45, 7) is 2.01. The molecule has 1 aromatic rings. The van der Waals surface area contributed by atoms with Gasteiger partial charge in [0.05, 0.1) is 23.8 Å².